The molecule has 1 aliphatic carbocycles. The zero-order valence-corrected chi connectivity index (χ0v) is 7.69. The van der Waals surface area contributed by atoms with E-state index in [9.17, 15) is 13.9 Å². The maximum atomic E-state index is 13.5. The van der Waals surface area contributed by atoms with Crippen LogP contribution in [0, 0.1) is 5.41 Å². The van der Waals surface area contributed by atoms with Crippen LogP contribution in [0.2, 0.25) is 0 Å². The number of rotatable bonds is 1. The third-order valence-corrected chi connectivity index (χ3v) is 3.87. The predicted octanol–water partition coefficient (Wildman–Crippen LogP) is 1.24. The van der Waals surface area contributed by atoms with Gasteiger partial charge in [-0.1, -0.05) is 0 Å². The van der Waals surface area contributed by atoms with Gasteiger partial charge < -0.3 is 5.11 Å². The van der Waals surface area contributed by atoms with Crippen molar-refractivity contribution in [3.05, 3.63) is 0 Å². The maximum Gasteiger partial charge on any atom is 0.255 e. The standard InChI is InChI=1S/C10H15F2NO/c11-10(12)5-8(10)4-9(7-14)2-1-3-13(9)6-8/h14H,1-7H2/t8-,9-/m1/s1/i3D2,7D2. The third kappa shape index (κ3) is 0.865. The topological polar surface area (TPSA) is 23.5 Å². The first-order valence-corrected chi connectivity index (χ1v) is 4.84. The van der Waals surface area contributed by atoms with Crippen molar-refractivity contribution < 1.29 is 19.4 Å². The molecule has 0 radical (unpaired) electrons. The number of aliphatic hydroxyl groups is 1. The van der Waals surface area contributed by atoms with E-state index < -0.39 is 29.9 Å². The molecule has 14 heavy (non-hydrogen) atoms. The van der Waals surface area contributed by atoms with Gasteiger partial charge in [0.15, 0.2) is 0 Å². The minimum absolute atomic E-state index is 0.0642. The van der Waals surface area contributed by atoms with Crippen LogP contribution in [0.5, 0.6) is 0 Å². The van der Waals surface area contributed by atoms with E-state index in [1.165, 1.54) is 0 Å². The van der Waals surface area contributed by atoms with Gasteiger partial charge >= 0.3 is 0 Å². The second-order valence-corrected chi connectivity index (χ2v) is 4.73. The van der Waals surface area contributed by atoms with Crippen LogP contribution in [-0.4, -0.2) is 41.1 Å². The van der Waals surface area contributed by atoms with Crippen LogP contribution in [0.3, 0.4) is 0 Å². The lowest BCUT2D eigenvalue weighted by Gasteiger charge is -2.29. The Morgan fingerprint density at radius 3 is 2.71 bits per heavy atom. The molecular weight excluding hydrogens is 188 g/mol. The second kappa shape index (κ2) is 2.30. The number of halogens is 2. The molecule has 2 nitrogen and oxygen atoms in total. The molecule has 0 bridgehead atoms. The van der Waals surface area contributed by atoms with Crippen LogP contribution in [0.1, 0.15) is 31.2 Å². The molecule has 3 aliphatic rings. The van der Waals surface area contributed by atoms with Crippen molar-refractivity contribution in [2.75, 3.05) is 19.6 Å². The SMILES string of the molecule is [2H]C1([2H])CC[C@]2(C([2H])([2H])O)C[C@]3(CN12)CC3(F)F. The summed E-state index contributed by atoms with van der Waals surface area (Å²) >= 11 is 0. The highest BCUT2D eigenvalue weighted by molar-refractivity contribution is 5.21. The Morgan fingerprint density at radius 2 is 2.21 bits per heavy atom. The molecule has 1 spiro atoms. The third-order valence-electron chi connectivity index (χ3n) is 3.87. The van der Waals surface area contributed by atoms with Crippen molar-refractivity contribution >= 4 is 0 Å². The van der Waals surface area contributed by atoms with Crippen LogP contribution in [-0.2, 0) is 0 Å². The lowest BCUT2D eigenvalue weighted by Crippen LogP contribution is -2.41. The summed E-state index contributed by atoms with van der Waals surface area (Å²) in [5.74, 6) is -2.86. The highest BCUT2D eigenvalue weighted by Gasteiger charge is 2.76. The number of nitrogens with zero attached hydrogens (tertiary/aromatic N) is 1. The van der Waals surface area contributed by atoms with Crippen molar-refractivity contribution in [3.8, 4) is 0 Å². The molecule has 2 aliphatic heterocycles. The highest BCUT2D eigenvalue weighted by Crippen LogP contribution is 2.69. The number of fused-ring (bicyclic) bond motifs is 1. The zero-order chi connectivity index (χ0) is 13.6. The van der Waals surface area contributed by atoms with Gasteiger partial charge in [-0.2, -0.15) is 0 Å². The van der Waals surface area contributed by atoms with Crippen LogP contribution < -0.4 is 0 Å². The molecule has 2 atom stereocenters. The average molecular weight is 207 g/mol. The smallest absolute Gasteiger partial charge is 0.255 e. The summed E-state index contributed by atoms with van der Waals surface area (Å²) < 4.78 is 57.6. The molecular formula is C10H15F2NO. The lowest BCUT2D eigenvalue weighted by atomic mass is 9.89. The number of hydrogen-bond acceptors (Lipinski definition) is 2. The molecule has 2 saturated heterocycles. The molecule has 1 saturated carbocycles. The minimum Gasteiger partial charge on any atom is -0.394 e. The van der Waals surface area contributed by atoms with E-state index in [0.717, 1.165) is 4.90 Å². The molecule has 3 rings (SSSR count). The fraction of sp³-hybridized carbons (Fsp3) is 1.00. The molecule has 0 amide bonds. The van der Waals surface area contributed by atoms with Gasteiger partial charge in [-0.15, -0.1) is 0 Å². The number of hydrogen-bond donors (Lipinski definition) is 1. The molecule has 0 unspecified atom stereocenters. The van der Waals surface area contributed by atoms with E-state index in [1.807, 2.05) is 0 Å². The van der Waals surface area contributed by atoms with Gasteiger partial charge in [-0.25, -0.2) is 8.78 Å². The Kier molecular flexibility index (Phi) is 0.944. The molecule has 1 N–H and O–H groups in total. The van der Waals surface area contributed by atoms with E-state index in [0.29, 0.717) is 0 Å². The molecule has 0 aromatic rings. The van der Waals surface area contributed by atoms with Crippen molar-refractivity contribution in [3.63, 3.8) is 0 Å². The van der Waals surface area contributed by atoms with Crippen LogP contribution >= 0.6 is 0 Å². The summed E-state index contributed by atoms with van der Waals surface area (Å²) in [7, 11) is 0. The molecule has 0 aromatic carbocycles. The van der Waals surface area contributed by atoms with Gasteiger partial charge in [0.2, 0.25) is 0 Å². The summed E-state index contributed by atoms with van der Waals surface area (Å²) in [6.45, 7) is -4.66. The molecule has 0 aromatic heterocycles. The molecule has 3 fully saturated rings. The summed E-state index contributed by atoms with van der Waals surface area (Å²) in [5.41, 5.74) is -2.84. The summed E-state index contributed by atoms with van der Waals surface area (Å²) in [6.07, 6.45) is -0.365. The Balaban J connectivity index is 2.02. The second-order valence-electron chi connectivity index (χ2n) is 4.73. The minimum atomic E-state index is -2.86. The largest absolute Gasteiger partial charge is 0.394 e. The zero-order valence-electron chi connectivity index (χ0n) is 11.7. The van der Waals surface area contributed by atoms with Crippen molar-refractivity contribution in [2.24, 2.45) is 5.41 Å². The lowest BCUT2D eigenvalue weighted by molar-refractivity contribution is 0.0644. The summed E-state index contributed by atoms with van der Waals surface area (Å²) in [5, 5.41) is 9.72. The monoisotopic (exact) mass is 207 g/mol. The highest BCUT2D eigenvalue weighted by atomic mass is 19.3. The fourth-order valence-electron chi connectivity index (χ4n) is 2.89. The molecule has 4 heteroatoms. The Morgan fingerprint density at radius 1 is 1.50 bits per heavy atom. The van der Waals surface area contributed by atoms with Gasteiger partial charge in [-0.3, -0.25) is 4.90 Å². The van der Waals surface area contributed by atoms with Gasteiger partial charge in [0.25, 0.3) is 5.92 Å². The first-order valence-electron chi connectivity index (χ1n) is 6.84. The van der Waals surface area contributed by atoms with Crippen LogP contribution in [0.4, 0.5) is 8.78 Å². The first kappa shape index (κ1) is 5.75. The number of alkyl halides is 2. The van der Waals surface area contributed by atoms with Crippen molar-refractivity contribution in [1.82, 2.24) is 4.90 Å². The van der Waals surface area contributed by atoms with E-state index >= 15 is 0 Å². The maximum absolute atomic E-state index is 13.5. The fourth-order valence-corrected chi connectivity index (χ4v) is 2.89. The van der Waals surface area contributed by atoms with Crippen LogP contribution in [0.15, 0.2) is 0 Å². The van der Waals surface area contributed by atoms with Crippen molar-refractivity contribution in [2.45, 2.75) is 37.1 Å². The van der Waals surface area contributed by atoms with E-state index in [-0.39, 0.29) is 32.2 Å². The van der Waals surface area contributed by atoms with Gasteiger partial charge in [0.1, 0.15) is 0 Å². The van der Waals surface area contributed by atoms with Gasteiger partial charge in [0, 0.05) is 21.2 Å². The Hall–Kier alpha value is -0.220. The predicted molar refractivity (Wildman–Crippen MR) is 47.2 cm³/mol. The molecule has 2 heterocycles. The van der Waals surface area contributed by atoms with E-state index in [1.54, 1.807) is 0 Å². The summed E-state index contributed by atoms with van der Waals surface area (Å²) in [6, 6.07) is 0. The van der Waals surface area contributed by atoms with E-state index in [4.69, 9.17) is 5.48 Å². The molecule has 80 valence electrons. The van der Waals surface area contributed by atoms with Crippen LogP contribution in [0.25, 0.3) is 0 Å². The van der Waals surface area contributed by atoms with Gasteiger partial charge in [0.05, 0.1) is 14.7 Å². The Labute approximate surface area is 87.5 Å². The summed E-state index contributed by atoms with van der Waals surface area (Å²) in [4.78, 5) is 1.14. The average Bonchev–Trinajstić information content (AvgIpc) is 2.51. The van der Waals surface area contributed by atoms with Gasteiger partial charge in [-0.05, 0) is 25.8 Å². The van der Waals surface area contributed by atoms with E-state index in [2.05, 4.69) is 0 Å². The normalized spacial score (nSPS) is 58.8. The van der Waals surface area contributed by atoms with Crippen molar-refractivity contribution in [1.29, 1.82) is 0 Å². The first-order chi connectivity index (χ1) is 7.96. The quantitative estimate of drug-likeness (QED) is 0.699. The Bertz CT molecular complexity index is 413.